The van der Waals surface area contributed by atoms with E-state index in [9.17, 15) is 4.79 Å². The van der Waals surface area contributed by atoms with Crippen molar-refractivity contribution in [1.82, 2.24) is 0 Å². The van der Waals surface area contributed by atoms with E-state index in [0.717, 1.165) is 6.42 Å². The molecule has 0 heterocycles. The molecule has 1 heteroatoms. The Bertz CT molecular complexity index is 151. The van der Waals surface area contributed by atoms with Gasteiger partial charge in [-0.3, -0.25) is 4.79 Å². The molecule has 0 spiro atoms. The second kappa shape index (κ2) is 6.17. The van der Waals surface area contributed by atoms with Crippen molar-refractivity contribution in [2.24, 2.45) is 5.92 Å². The van der Waals surface area contributed by atoms with Crippen molar-refractivity contribution in [3.05, 3.63) is 0 Å². The van der Waals surface area contributed by atoms with Crippen LogP contribution in [-0.2, 0) is 4.79 Å². The van der Waals surface area contributed by atoms with Gasteiger partial charge in [0.25, 0.3) is 0 Å². The van der Waals surface area contributed by atoms with Gasteiger partial charge in [-0.2, -0.15) is 0 Å². The predicted octanol–water partition coefficient (Wildman–Crippen LogP) is 3.72. The average molecular weight is 182 g/mol. The van der Waals surface area contributed by atoms with E-state index < -0.39 is 0 Å². The molecule has 0 amide bonds. The minimum absolute atomic E-state index is 0.482. The van der Waals surface area contributed by atoms with Gasteiger partial charge in [-0.25, -0.2) is 0 Å². The molecule has 1 aliphatic rings. The first kappa shape index (κ1) is 10.7. The summed E-state index contributed by atoms with van der Waals surface area (Å²) in [6, 6.07) is 0. The summed E-state index contributed by atoms with van der Waals surface area (Å²) in [6.45, 7) is 2.25. The molecule has 13 heavy (non-hydrogen) atoms. The molecule has 0 bridgehead atoms. The highest BCUT2D eigenvalue weighted by Gasteiger charge is 2.33. The van der Waals surface area contributed by atoms with Gasteiger partial charge in [-0.1, -0.05) is 51.9 Å². The van der Waals surface area contributed by atoms with E-state index in [4.69, 9.17) is 0 Å². The highest BCUT2D eigenvalue weighted by atomic mass is 16.1. The molecule has 76 valence electrons. The van der Waals surface area contributed by atoms with E-state index in [1.54, 1.807) is 0 Å². The monoisotopic (exact) mass is 182 g/mol. The first-order chi connectivity index (χ1) is 6.34. The summed E-state index contributed by atoms with van der Waals surface area (Å²) >= 11 is 0. The lowest BCUT2D eigenvalue weighted by Crippen LogP contribution is -1.83. The molecular weight excluding hydrogens is 160 g/mol. The number of rotatable bonds is 8. The van der Waals surface area contributed by atoms with Crippen LogP contribution in [-0.4, -0.2) is 5.78 Å². The summed E-state index contributed by atoms with van der Waals surface area (Å²) in [5.74, 6) is 0.988. The zero-order valence-corrected chi connectivity index (χ0v) is 8.85. The van der Waals surface area contributed by atoms with Crippen molar-refractivity contribution in [1.29, 1.82) is 0 Å². The highest BCUT2D eigenvalue weighted by molar-refractivity contribution is 5.95. The number of unbranched alkanes of at least 4 members (excludes halogenated alkanes) is 6. The third-order valence-corrected chi connectivity index (χ3v) is 2.90. The van der Waals surface area contributed by atoms with Crippen LogP contribution in [0.3, 0.4) is 0 Å². The molecule has 0 aromatic carbocycles. The van der Waals surface area contributed by atoms with Crippen LogP contribution in [0.4, 0.5) is 0 Å². The second-order valence-electron chi connectivity index (χ2n) is 4.28. The number of ketones is 1. The normalized spacial score (nSPS) is 20.7. The standard InChI is InChI=1S/C12H22O/c1-2-3-4-5-6-7-8-9-11-10-12(11)13/h11H,2-10H2,1H3. The maximum Gasteiger partial charge on any atom is 0.137 e. The quantitative estimate of drug-likeness (QED) is 0.523. The first-order valence-electron chi connectivity index (χ1n) is 5.87. The molecule has 0 N–H and O–H groups in total. The second-order valence-corrected chi connectivity index (χ2v) is 4.28. The molecule has 1 aliphatic carbocycles. The van der Waals surface area contributed by atoms with Gasteiger partial charge < -0.3 is 0 Å². The average Bonchev–Trinajstić information content (AvgIpc) is 2.81. The molecule has 1 saturated carbocycles. The fraction of sp³-hybridized carbons (Fsp3) is 0.917. The Balaban J connectivity index is 1.72. The van der Waals surface area contributed by atoms with E-state index in [2.05, 4.69) is 6.92 Å². The summed E-state index contributed by atoms with van der Waals surface area (Å²) in [4.78, 5) is 10.7. The molecular formula is C12H22O. The topological polar surface area (TPSA) is 17.1 Å². The number of Topliss-reactive ketones (excluding diaryl/α,β-unsaturated/α-hetero) is 1. The third kappa shape index (κ3) is 5.07. The van der Waals surface area contributed by atoms with Crippen LogP contribution in [0.15, 0.2) is 0 Å². The lowest BCUT2D eigenvalue weighted by molar-refractivity contribution is -0.111. The fourth-order valence-corrected chi connectivity index (χ4v) is 1.79. The minimum Gasteiger partial charge on any atom is -0.299 e. The van der Waals surface area contributed by atoms with Crippen molar-refractivity contribution in [3.63, 3.8) is 0 Å². The van der Waals surface area contributed by atoms with Crippen LogP contribution in [0, 0.1) is 5.92 Å². The van der Waals surface area contributed by atoms with Gasteiger partial charge in [0.2, 0.25) is 0 Å². The lowest BCUT2D eigenvalue weighted by atomic mass is 10.1. The van der Waals surface area contributed by atoms with E-state index in [1.807, 2.05) is 0 Å². The summed E-state index contributed by atoms with van der Waals surface area (Å²) in [5, 5.41) is 0. The van der Waals surface area contributed by atoms with Gasteiger partial charge in [0.15, 0.2) is 0 Å². The Kier molecular flexibility index (Phi) is 5.10. The van der Waals surface area contributed by atoms with E-state index in [0.29, 0.717) is 11.7 Å². The van der Waals surface area contributed by atoms with E-state index >= 15 is 0 Å². The van der Waals surface area contributed by atoms with Crippen LogP contribution < -0.4 is 0 Å². The van der Waals surface area contributed by atoms with Gasteiger partial charge in [-0.15, -0.1) is 0 Å². The van der Waals surface area contributed by atoms with Crippen LogP contribution >= 0.6 is 0 Å². The van der Waals surface area contributed by atoms with Gasteiger partial charge in [0, 0.05) is 12.3 Å². The molecule has 0 radical (unpaired) electrons. The predicted molar refractivity (Wildman–Crippen MR) is 55.7 cm³/mol. The fourth-order valence-electron chi connectivity index (χ4n) is 1.79. The molecule has 0 aromatic heterocycles. The molecule has 1 fully saturated rings. The van der Waals surface area contributed by atoms with Crippen molar-refractivity contribution >= 4 is 5.78 Å². The molecule has 1 nitrogen and oxygen atoms in total. The van der Waals surface area contributed by atoms with Crippen LogP contribution in [0.1, 0.15) is 64.7 Å². The summed E-state index contributed by atoms with van der Waals surface area (Å²) in [6.07, 6.45) is 11.6. The minimum atomic E-state index is 0.482. The third-order valence-electron chi connectivity index (χ3n) is 2.90. The van der Waals surface area contributed by atoms with Gasteiger partial charge in [-0.05, 0) is 6.42 Å². The summed E-state index contributed by atoms with van der Waals surface area (Å²) in [7, 11) is 0. The lowest BCUT2D eigenvalue weighted by Gasteiger charge is -1.99. The maximum atomic E-state index is 10.7. The van der Waals surface area contributed by atoms with Gasteiger partial charge in [0.1, 0.15) is 5.78 Å². The van der Waals surface area contributed by atoms with Crippen LogP contribution in [0.25, 0.3) is 0 Å². The maximum absolute atomic E-state index is 10.7. The van der Waals surface area contributed by atoms with Crippen molar-refractivity contribution < 1.29 is 4.79 Å². The number of hydrogen-bond donors (Lipinski definition) is 0. The zero-order chi connectivity index (χ0) is 9.52. The summed E-state index contributed by atoms with van der Waals surface area (Å²) < 4.78 is 0. The van der Waals surface area contributed by atoms with Crippen molar-refractivity contribution in [2.75, 3.05) is 0 Å². The van der Waals surface area contributed by atoms with Gasteiger partial charge >= 0.3 is 0 Å². The van der Waals surface area contributed by atoms with E-state index in [1.165, 1.54) is 51.4 Å². The molecule has 0 aliphatic heterocycles. The number of carbonyl (C=O) groups is 1. The molecule has 0 saturated heterocycles. The molecule has 1 atom stereocenters. The highest BCUT2D eigenvalue weighted by Crippen LogP contribution is 2.29. The smallest absolute Gasteiger partial charge is 0.137 e. The van der Waals surface area contributed by atoms with Crippen LogP contribution in [0.5, 0.6) is 0 Å². The van der Waals surface area contributed by atoms with Crippen molar-refractivity contribution in [3.8, 4) is 0 Å². The van der Waals surface area contributed by atoms with Gasteiger partial charge in [0.05, 0.1) is 0 Å². The Hall–Kier alpha value is -0.330. The SMILES string of the molecule is CCCCCCCCCC1CC1=O. The number of hydrogen-bond acceptors (Lipinski definition) is 1. The Morgan fingerprint density at radius 3 is 2.15 bits per heavy atom. The molecule has 1 rings (SSSR count). The Morgan fingerprint density at radius 1 is 1.08 bits per heavy atom. The summed E-state index contributed by atoms with van der Waals surface area (Å²) in [5.41, 5.74) is 0. The number of carbonyl (C=O) groups excluding carboxylic acids is 1. The first-order valence-corrected chi connectivity index (χ1v) is 5.87. The zero-order valence-electron chi connectivity index (χ0n) is 8.85. The Morgan fingerprint density at radius 2 is 1.62 bits per heavy atom. The Labute approximate surface area is 81.9 Å². The largest absolute Gasteiger partial charge is 0.299 e. The van der Waals surface area contributed by atoms with E-state index in [-0.39, 0.29) is 0 Å². The molecule has 0 aromatic rings. The van der Waals surface area contributed by atoms with Crippen LogP contribution in [0.2, 0.25) is 0 Å². The molecule has 1 unspecified atom stereocenters. The van der Waals surface area contributed by atoms with Crippen molar-refractivity contribution in [2.45, 2.75) is 64.7 Å².